The molecule has 2 aromatic carbocycles. The van der Waals surface area contributed by atoms with Crippen molar-refractivity contribution in [3.8, 4) is 5.75 Å². The molecule has 0 saturated carbocycles. The quantitative estimate of drug-likeness (QED) is 0.437. The van der Waals surface area contributed by atoms with Gasteiger partial charge in [-0.25, -0.2) is 0 Å². The van der Waals surface area contributed by atoms with Crippen molar-refractivity contribution in [1.29, 1.82) is 0 Å². The Bertz CT molecular complexity index is 835. The Hall–Kier alpha value is -2.34. The van der Waals surface area contributed by atoms with E-state index in [1.54, 1.807) is 11.8 Å². The summed E-state index contributed by atoms with van der Waals surface area (Å²) in [5, 5.41) is 2.92. The van der Waals surface area contributed by atoms with Gasteiger partial charge in [-0.15, -0.1) is 0 Å². The van der Waals surface area contributed by atoms with Gasteiger partial charge in [0.1, 0.15) is 11.8 Å². The minimum atomic E-state index is -0.597. The van der Waals surface area contributed by atoms with Crippen LogP contribution < -0.4 is 10.1 Å². The van der Waals surface area contributed by atoms with E-state index in [2.05, 4.69) is 42.0 Å². The Balaban J connectivity index is 2.08. The van der Waals surface area contributed by atoms with E-state index in [4.69, 9.17) is 4.74 Å². The van der Waals surface area contributed by atoms with E-state index < -0.39 is 6.04 Å². The zero-order chi connectivity index (χ0) is 22.8. The van der Waals surface area contributed by atoms with Gasteiger partial charge in [-0.3, -0.25) is 9.59 Å². The van der Waals surface area contributed by atoms with Gasteiger partial charge in [0.25, 0.3) is 5.91 Å². The zero-order valence-electron chi connectivity index (χ0n) is 18.9. The van der Waals surface area contributed by atoms with Crippen molar-refractivity contribution >= 4 is 27.7 Å². The number of rotatable bonds is 11. The minimum Gasteiger partial charge on any atom is -0.484 e. The largest absolute Gasteiger partial charge is 0.484 e. The molecule has 2 rings (SSSR count). The highest BCUT2D eigenvalue weighted by Gasteiger charge is 2.26. The third-order valence-corrected chi connectivity index (χ3v) is 5.70. The maximum Gasteiger partial charge on any atom is 0.261 e. The maximum atomic E-state index is 13.1. The molecule has 0 aliphatic heterocycles. The Kier molecular flexibility index (Phi) is 10.0. The minimum absolute atomic E-state index is 0.121. The van der Waals surface area contributed by atoms with Crippen molar-refractivity contribution in [2.24, 2.45) is 0 Å². The lowest BCUT2D eigenvalue weighted by Gasteiger charge is -2.28. The van der Waals surface area contributed by atoms with Crippen LogP contribution in [0.4, 0.5) is 0 Å². The number of nitrogens with zero attached hydrogens (tertiary/aromatic N) is 1. The van der Waals surface area contributed by atoms with E-state index >= 15 is 0 Å². The Morgan fingerprint density at radius 3 is 2.26 bits per heavy atom. The Morgan fingerprint density at radius 1 is 1.03 bits per heavy atom. The van der Waals surface area contributed by atoms with E-state index in [1.165, 1.54) is 5.56 Å². The molecule has 0 saturated heterocycles. The predicted octanol–water partition coefficient (Wildman–Crippen LogP) is 5.28. The molecule has 0 spiro atoms. The van der Waals surface area contributed by atoms with Gasteiger partial charge in [0, 0.05) is 17.6 Å². The van der Waals surface area contributed by atoms with Crippen molar-refractivity contribution in [3.05, 3.63) is 64.1 Å². The molecular formula is C25H33BrN2O3. The van der Waals surface area contributed by atoms with E-state index in [-0.39, 0.29) is 18.4 Å². The molecule has 2 aromatic rings. The molecule has 1 atom stereocenters. The second-order valence-corrected chi connectivity index (χ2v) is 8.90. The van der Waals surface area contributed by atoms with Crippen LogP contribution in [-0.4, -0.2) is 35.9 Å². The van der Waals surface area contributed by atoms with Crippen LogP contribution in [0.3, 0.4) is 0 Å². The lowest BCUT2D eigenvalue weighted by molar-refractivity contribution is -0.142. The van der Waals surface area contributed by atoms with Gasteiger partial charge in [-0.05, 0) is 54.7 Å². The molecule has 6 heteroatoms. The molecule has 0 unspecified atom stereocenters. The van der Waals surface area contributed by atoms with Crippen molar-refractivity contribution in [2.75, 3.05) is 13.2 Å². The van der Waals surface area contributed by atoms with E-state index in [0.29, 0.717) is 24.8 Å². The summed E-state index contributed by atoms with van der Waals surface area (Å²) in [4.78, 5) is 27.3. The topological polar surface area (TPSA) is 58.6 Å². The highest BCUT2D eigenvalue weighted by atomic mass is 79.9. The summed E-state index contributed by atoms with van der Waals surface area (Å²) in [7, 11) is 0. The van der Waals surface area contributed by atoms with Crippen molar-refractivity contribution in [2.45, 2.75) is 59.0 Å². The average Bonchev–Trinajstić information content (AvgIpc) is 2.77. The number of carbonyl (C=O) groups is 2. The van der Waals surface area contributed by atoms with Gasteiger partial charge in [-0.2, -0.15) is 0 Å². The van der Waals surface area contributed by atoms with Crippen LogP contribution in [0.1, 0.15) is 57.6 Å². The summed E-state index contributed by atoms with van der Waals surface area (Å²) < 4.78 is 6.70. The molecule has 2 amide bonds. The number of unbranched alkanes of at least 4 members (excludes halogenated alkanes) is 1. The number of nitrogens with one attached hydrogen (secondary N) is 1. The van der Waals surface area contributed by atoms with Crippen molar-refractivity contribution in [1.82, 2.24) is 10.2 Å². The molecule has 1 N–H and O–H groups in total. The van der Waals surface area contributed by atoms with E-state index in [1.807, 2.05) is 48.5 Å². The highest BCUT2D eigenvalue weighted by molar-refractivity contribution is 9.10. The number of benzene rings is 2. The molecule has 0 aromatic heterocycles. The molecular weight excluding hydrogens is 456 g/mol. The fraction of sp³-hybridized carbons (Fsp3) is 0.440. The normalized spacial score (nSPS) is 11.8. The maximum absolute atomic E-state index is 13.1. The summed E-state index contributed by atoms with van der Waals surface area (Å²) >= 11 is 3.43. The first-order valence-electron chi connectivity index (χ1n) is 10.9. The van der Waals surface area contributed by atoms with Crippen LogP contribution in [0.2, 0.25) is 0 Å². The molecule has 0 bridgehead atoms. The first kappa shape index (κ1) is 24.9. The van der Waals surface area contributed by atoms with Crippen LogP contribution in [0.5, 0.6) is 5.75 Å². The molecule has 0 radical (unpaired) electrons. The molecule has 0 aliphatic carbocycles. The van der Waals surface area contributed by atoms with Crippen LogP contribution in [0.25, 0.3) is 0 Å². The fourth-order valence-corrected chi connectivity index (χ4v) is 3.35. The summed E-state index contributed by atoms with van der Waals surface area (Å²) in [5.41, 5.74) is 2.17. The van der Waals surface area contributed by atoms with Crippen LogP contribution in [0, 0.1) is 0 Å². The van der Waals surface area contributed by atoms with Gasteiger partial charge >= 0.3 is 0 Å². The number of hydrogen-bond donors (Lipinski definition) is 1. The van der Waals surface area contributed by atoms with Crippen LogP contribution in [0.15, 0.2) is 53.0 Å². The first-order chi connectivity index (χ1) is 14.8. The predicted molar refractivity (Wildman–Crippen MR) is 128 cm³/mol. The summed E-state index contributed by atoms with van der Waals surface area (Å²) in [6.07, 6.45) is 1.91. The summed E-state index contributed by atoms with van der Waals surface area (Å²) in [6, 6.07) is 14.9. The van der Waals surface area contributed by atoms with Gasteiger partial charge < -0.3 is 15.0 Å². The smallest absolute Gasteiger partial charge is 0.261 e. The van der Waals surface area contributed by atoms with Crippen LogP contribution in [-0.2, 0) is 16.1 Å². The number of carbonyl (C=O) groups excluding carboxylic acids is 2. The number of amides is 2. The first-order valence-corrected chi connectivity index (χ1v) is 11.7. The monoisotopic (exact) mass is 488 g/mol. The third kappa shape index (κ3) is 8.02. The van der Waals surface area contributed by atoms with Gasteiger partial charge in [0.15, 0.2) is 6.61 Å². The Labute approximate surface area is 194 Å². The SMILES string of the molecule is CCCCNC(=O)[C@@H](C)N(Cc1ccc(Br)cc1)C(=O)COc1ccc(C(C)C)cc1. The average molecular weight is 489 g/mol. The molecule has 5 nitrogen and oxygen atoms in total. The van der Waals surface area contributed by atoms with E-state index in [0.717, 1.165) is 22.9 Å². The number of halogens is 1. The van der Waals surface area contributed by atoms with Gasteiger partial charge in [0.05, 0.1) is 0 Å². The summed E-state index contributed by atoms with van der Waals surface area (Å²) in [6.45, 7) is 8.92. The molecule has 0 heterocycles. The highest BCUT2D eigenvalue weighted by Crippen LogP contribution is 2.19. The lowest BCUT2D eigenvalue weighted by Crippen LogP contribution is -2.49. The summed E-state index contributed by atoms with van der Waals surface area (Å²) in [5.74, 6) is 0.694. The molecule has 31 heavy (non-hydrogen) atoms. The lowest BCUT2D eigenvalue weighted by atomic mass is 10.0. The second kappa shape index (κ2) is 12.5. The molecule has 0 fully saturated rings. The van der Waals surface area contributed by atoms with Crippen LogP contribution >= 0.6 is 15.9 Å². The Morgan fingerprint density at radius 2 is 1.68 bits per heavy atom. The molecule has 0 aliphatic rings. The standard InChI is InChI=1S/C25H33BrN2O3/c1-5-6-15-27-25(30)19(4)28(16-20-7-11-22(26)12-8-20)24(29)17-31-23-13-9-21(10-14-23)18(2)3/h7-14,18-19H,5-6,15-17H2,1-4H3,(H,27,30)/t19-/m1/s1. The molecule has 168 valence electrons. The zero-order valence-corrected chi connectivity index (χ0v) is 20.4. The third-order valence-electron chi connectivity index (χ3n) is 5.17. The van der Waals surface area contributed by atoms with Gasteiger partial charge in [0.2, 0.25) is 5.91 Å². The van der Waals surface area contributed by atoms with Crippen molar-refractivity contribution in [3.63, 3.8) is 0 Å². The van der Waals surface area contributed by atoms with E-state index in [9.17, 15) is 9.59 Å². The fourth-order valence-electron chi connectivity index (χ4n) is 3.08. The second-order valence-electron chi connectivity index (χ2n) is 7.98. The number of ether oxygens (including phenoxy) is 1. The van der Waals surface area contributed by atoms with Crippen molar-refractivity contribution < 1.29 is 14.3 Å². The van der Waals surface area contributed by atoms with Gasteiger partial charge in [-0.1, -0.05) is 67.4 Å². The number of hydrogen-bond acceptors (Lipinski definition) is 3.